The lowest BCUT2D eigenvalue weighted by Gasteiger charge is -2.12. The SMILES string of the molecule is OC[C@H]1O[C@H](c2cccnn2)[C@H](O)[C@@H]1O. The van der Waals surface area contributed by atoms with Gasteiger partial charge in [0, 0.05) is 6.20 Å². The molecule has 0 amide bonds. The van der Waals surface area contributed by atoms with Crippen molar-refractivity contribution in [1.82, 2.24) is 10.2 Å². The monoisotopic (exact) mass is 212 g/mol. The van der Waals surface area contributed by atoms with Crippen molar-refractivity contribution >= 4 is 0 Å². The minimum absolute atomic E-state index is 0.338. The Morgan fingerprint density at radius 3 is 2.67 bits per heavy atom. The number of aliphatic hydroxyl groups is 3. The van der Waals surface area contributed by atoms with Crippen molar-refractivity contribution in [1.29, 1.82) is 0 Å². The molecule has 3 N–H and O–H groups in total. The fourth-order valence-electron chi connectivity index (χ4n) is 1.61. The fraction of sp³-hybridized carbons (Fsp3) is 0.556. The summed E-state index contributed by atoms with van der Waals surface area (Å²) in [5, 5.41) is 35.5. The predicted molar refractivity (Wildman–Crippen MR) is 48.7 cm³/mol. The summed E-state index contributed by atoms with van der Waals surface area (Å²) in [7, 11) is 0. The molecule has 1 aliphatic heterocycles. The smallest absolute Gasteiger partial charge is 0.130 e. The maximum absolute atomic E-state index is 9.66. The summed E-state index contributed by atoms with van der Waals surface area (Å²) in [6.45, 7) is -0.338. The van der Waals surface area contributed by atoms with E-state index < -0.39 is 24.4 Å². The molecule has 15 heavy (non-hydrogen) atoms. The summed E-state index contributed by atoms with van der Waals surface area (Å²) >= 11 is 0. The van der Waals surface area contributed by atoms with Gasteiger partial charge in [0.05, 0.1) is 12.3 Å². The molecular weight excluding hydrogens is 200 g/mol. The van der Waals surface area contributed by atoms with Gasteiger partial charge >= 0.3 is 0 Å². The summed E-state index contributed by atoms with van der Waals surface area (Å²) in [6, 6.07) is 3.31. The van der Waals surface area contributed by atoms with E-state index >= 15 is 0 Å². The van der Waals surface area contributed by atoms with E-state index in [1.165, 1.54) is 6.20 Å². The van der Waals surface area contributed by atoms with E-state index in [4.69, 9.17) is 9.84 Å². The molecule has 1 aromatic heterocycles. The highest BCUT2D eigenvalue weighted by atomic mass is 16.6. The van der Waals surface area contributed by atoms with Crippen molar-refractivity contribution < 1.29 is 20.1 Å². The van der Waals surface area contributed by atoms with Crippen LogP contribution in [0.1, 0.15) is 11.8 Å². The zero-order valence-corrected chi connectivity index (χ0v) is 7.89. The predicted octanol–water partition coefficient (Wildman–Crippen LogP) is -1.37. The van der Waals surface area contributed by atoms with E-state index in [-0.39, 0.29) is 6.61 Å². The van der Waals surface area contributed by atoms with Gasteiger partial charge in [0.15, 0.2) is 0 Å². The molecule has 1 saturated heterocycles. The van der Waals surface area contributed by atoms with Gasteiger partial charge in [-0.15, -0.1) is 0 Å². The Labute approximate surface area is 86.2 Å². The average Bonchev–Trinajstić information content (AvgIpc) is 2.57. The minimum atomic E-state index is -1.10. The van der Waals surface area contributed by atoms with E-state index in [9.17, 15) is 10.2 Å². The molecular formula is C9H12N2O4. The van der Waals surface area contributed by atoms with Crippen LogP contribution < -0.4 is 0 Å². The number of nitrogens with zero attached hydrogens (tertiary/aromatic N) is 2. The Morgan fingerprint density at radius 2 is 2.13 bits per heavy atom. The van der Waals surface area contributed by atoms with Crippen LogP contribution in [0, 0.1) is 0 Å². The van der Waals surface area contributed by atoms with Gasteiger partial charge in [-0.05, 0) is 12.1 Å². The van der Waals surface area contributed by atoms with Crippen LogP contribution in [0.3, 0.4) is 0 Å². The van der Waals surface area contributed by atoms with Crippen LogP contribution in [-0.4, -0.2) is 50.4 Å². The third-order valence-electron chi connectivity index (χ3n) is 2.43. The summed E-state index contributed by atoms with van der Waals surface area (Å²) in [6.07, 6.45) is -2.18. The molecule has 1 aliphatic rings. The average molecular weight is 212 g/mol. The molecule has 1 aromatic rings. The number of ether oxygens (including phenoxy) is 1. The van der Waals surface area contributed by atoms with Gasteiger partial charge in [-0.2, -0.15) is 10.2 Å². The van der Waals surface area contributed by atoms with Gasteiger partial charge in [0.25, 0.3) is 0 Å². The molecule has 0 aliphatic carbocycles. The number of aromatic nitrogens is 2. The number of aliphatic hydroxyl groups excluding tert-OH is 3. The minimum Gasteiger partial charge on any atom is -0.394 e. The maximum atomic E-state index is 9.66. The molecule has 82 valence electrons. The zero-order valence-electron chi connectivity index (χ0n) is 7.89. The standard InChI is InChI=1S/C9H12N2O4/c12-4-6-7(13)8(14)9(15-6)5-2-1-3-10-11-5/h1-3,6-9,12-14H,4H2/t6-,7-,8-,9-/m1/s1. The van der Waals surface area contributed by atoms with Gasteiger partial charge in [0.1, 0.15) is 24.4 Å². The van der Waals surface area contributed by atoms with Crippen molar-refractivity contribution in [3.8, 4) is 0 Å². The second kappa shape index (κ2) is 4.19. The van der Waals surface area contributed by atoms with Crippen molar-refractivity contribution in [3.63, 3.8) is 0 Å². The first-order valence-corrected chi connectivity index (χ1v) is 4.64. The third kappa shape index (κ3) is 1.84. The molecule has 4 atom stereocenters. The molecule has 6 nitrogen and oxygen atoms in total. The second-order valence-electron chi connectivity index (χ2n) is 3.41. The number of hydrogen-bond acceptors (Lipinski definition) is 6. The quantitative estimate of drug-likeness (QED) is 0.560. The first-order valence-electron chi connectivity index (χ1n) is 4.64. The van der Waals surface area contributed by atoms with E-state index in [1.54, 1.807) is 12.1 Å². The van der Waals surface area contributed by atoms with E-state index in [2.05, 4.69) is 10.2 Å². The number of hydrogen-bond donors (Lipinski definition) is 3. The van der Waals surface area contributed by atoms with Crippen LogP contribution in [0.25, 0.3) is 0 Å². The Morgan fingerprint density at radius 1 is 1.33 bits per heavy atom. The van der Waals surface area contributed by atoms with Gasteiger partial charge < -0.3 is 20.1 Å². The summed E-state index contributed by atoms with van der Waals surface area (Å²) < 4.78 is 5.27. The molecule has 0 spiro atoms. The summed E-state index contributed by atoms with van der Waals surface area (Å²) in [5.41, 5.74) is 0.444. The van der Waals surface area contributed by atoms with E-state index in [1.807, 2.05) is 0 Å². The maximum Gasteiger partial charge on any atom is 0.130 e. The normalized spacial score (nSPS) is 35.7. The van der Waals surface area contributed by atoms with Crippen LogP contribution in [0.15, 0.2) is 18.3 Å². The Balaban J connectivity index is 2.19. The highest BCUT2D eigenvalue weighted by Crippen LogP contribution is 2.31. The van der Waals surface area contributed by atoms with Crippen molar-refractivity contribution in [2.75, 3.05) is 6.61 Å². The molecule has 0 unspecified atom stereocenters. The highest BCUT2D eigenvalue weighted by molar-refractivity contribution is 5.09. The van der Waals surface area contributed by atoms with Gasteiger partial charge in [0.2, 0.25) is 0 Å². The summed E-state index contributed by atoms with van der Waals surface area (Å²) in [5.74, 6) is 0. The third-order valence-corrected chi connectivity index (χ3v) is 2.43. The molecule has 2 heterocycles. The molecule has 1 fully saturated rings. The lowest BCUT2D eigenvalue weighted by atomic mass is 10.1. The van der Waals surface area contributed by atoms with Gasteiger partial charge in [-0.1, -0.05) is 0 Å². The van der Waals surface area contributed by atoms with Crippen LogP contribution in [0.2, 0.25) is 0 Å². The van der Waals surface area contributed by atoms with Crippen LogP contribution in [-0.2, 0) is 4.74 Å². The zero-order chi connectivity index (χ0) is 10.8. The molecule has 6 heteroatoms. The van der Waals surface area contributed by atoms with E-state index in [0.717, 1.165) is 0 Å². The molecule has 0 radical (unpaired) electrons. The fourth-order valence-corrected chi connectivity index (χ4v) is 1.61. The highest BCUT2D eigenvalue weighted by Gasteiger charge is 2.43. The largest absolute Gasteiger partial charge is 0.394 e. The second-order valence-corrected chi connectivity index (χ2v) is 3.41. The molecule has 0 bridgehead atoms. The lowest BCUT2D eigenvalue weighted by Crippen LogP contribution is -2.32. The summed E-state index contributed by atoms with van der Waals surface area (Å²) in [4.78, 5) is 0. The molecule has 0 saturated carbocycles. The first kappa shape index (κ1) is 10.4. The van der Waals surface area contributed by atoms with Gasteiger partial charge in [-0.3, -0.25) is 0 Å². The van der Waals surface area contributed by atoms with E-state index in [0.29, 0.717) is 5.69 Å². The van der Waals surface area contributed by atoms with Crippen molar-refractivity contribution in [3.05, 3.63) is 24.0 Å². The van der Waals surface area contributed by atoms with Crippen LogP contribution in [0.5, 0.6) is 0 Å². The first-order chi connectivity index (χ1) is 7.24. The van der Waals surface area contributed by atoms with Gasteiger partial charge in [-0.25, -0.2) is 0 Å². The van der Waals surface area contributed by atoms with Crippen LogP contribution in [0.4, 0.5) is 0 Å². The Hall–Kier alpha value is -1.08. The lowest BCUT2D eigenvalue weighted by molar-refractivity contribution is -0.0241. The molecule has 2 rings (SSSR count). The Bertz CT molecular complexity index is 321. The number of rotatable bonds is 2. The van der Waals surface area contributed by atoms with Crippen molar-refractivity contribution in [2.45, 2.75) is 24.4 Å². The molecule has 0 aromatic carbocycles. The van der Waals surface area contributed by atoms with Crippen LogP contribution >= 0.6 is 0 Å². The van der Waals surface area contributed by atoms with Crippen molar-refractivity contribution in [2.24, 2.45) is 0 Å². The Kier molecular flexibility index (Phi) is 2.92. The topological polar surface area (TPSA) is 95.7 Å².